The smallest absolute Gasteiger partial charge is 0.305 e. The third kappa shape index (κ3) is 6.04. The second-order valence-corrected chi connectivity index (χ2v) is 13.7. The van der Waals surface area contributed by atoms with E-state index in [1.807, 2.05) is 6.92 Å². The number of nitrogens with one attached hydrogen (secondary N) is 1. The largest absolute Gasteiger partial charge is 0.511 e. The molecule has 8 heteroatoms. The summed E-state index contributed by atoms with van der Waals surface area (Å²) in [6, 6.07) is 0. The molecule has 6 rings (SSSR count). The van der Waals surface area contributed by atoms with Gasteiger partial charge in [-0.15, -0.1) is 0 Å². The summed E-state index contributed by atoms with van der Waals surface area (Å²) in [5, 5.41) is 15.1. The highest BCUT2D eigenvalue weighted by Crippen LogP contribution is 2.46. The SMILES string of the molecule is CCCCCCOC(C)C1=C(C)C2=NC1=CC1=NC(=CC3=C(C)C4=C(O)CC(=C5NC(=C2)C(C)[C@@H]5CCC(=O)OC)C4=N3)C(CC)=C1C. The summed E-state index contributed by atoms with van der Waals surface area (Å²) in [5.74, 6) is 0.199. The number of carbonyl (C=O) groups excluding carboxylic acids is 1. The van der Waals surface area contributed by atoms with Gasteiger partial charge in [-0.3, -0.25) is 4.79 Å². The summed E-state index contributed by atoms with van der Waals surface area (Å²) in [6.45, 7) is 15.7. The Morgan fingerprint density at radius 3 is 2.48 bits per heavy atom. The predicted octanol–water partition coefficient (Wildman–Crippen LogP) is 8.60. The van der Waals surface area contributed by atoms with Crippen LogP contribution in [0.2, 0.25) is 0 Å². The quantitative estimate of drug-likeness (QED) is 0.172. The lowest BCUT2D eigenvalue weighted by Crippen LogP contribution is -2.16. The van der Waals surface area contributed by atoms with Crippen molar-refractivity contribution < 1.29 is 19.4 Å². The number of aliphatic imine (C=N–C) groups is 3. The van der Waals surface area contributed by atoms with Crippen LogP contribution in [0.15, 0.2) is 106 Å². The van der Waals surface area contributed by atoms with Gasteiger partial charge < -0.3 is 19.9 Å². The zero-order valence-corrected chi connectivity index (χ0v) is 29.8. The maximum absolute atomic E-state index is 12.3. The van der Waals surface area contributed by atoms with Crippen molar-refractivity contribution in [2.24, 2.45) is 26.8 Å². The number of aliphatic hydroxyl groups is 1. The molecule has 0 amide bonds. The van der Waals surface area contributed by atoms with Gasteiger partial charge in [0.15, 0.2) is 0 Å². The van der Waals surface area contributed by atoms with E-state index in [2.05, 4.69) is 65.1 Å². The summed E-state index contributed by atoms with van der Waals surface area (Å²) in [7, 11) is 1.43. The lowest BCUT2D eigenvalue weighted by atomic mass is 9.86. The molecule has 8 bridgehead atoms. The number of unbranched alkanes of at least 4 members (excludes halogenated alkanes) is 3. The van der Waals surface area contributed by atoms with Crippen molar-refractivity contribution in [3.05, 3.63) is 91.5 Å². The Morgan fingerprint density at radius 2 is 1.75 bits per heavy atom. The van der Waals surface area contributed by atoms with Crippen LogP contribution < -0.4 is 5.32 Å². The molecule has 0 spiro atoms. The number of rotatable bonds is 11. The highest BCUT2D eigenvalue weighted by atomic mass is 16.5. The monoisotopic (exact) mass is 650 g/mol. The Morgan fingerprint density at radius 1 is 1.00 bits per heavy atom. The highest BCUT2D eigenvalue weighted by molar-refractivity contribution is 6.21. The van der Waals surface area contributed by atoms with Crippen LogP contribution in [0.4, 0.5) is 0 Å². The van der Waals surface area contributed by atoms with Crippen LogP contribution in [0, 0.1) is 11.8 Å². The van der Waals surface area contributed by atoms with Gasteiger partial charge in [0.05, 0.1) is 47.4 Å². The molecule has 1 aliphatic carbocycles. The minimum atomic E-state index is -0.228. The number of aliphatic hydroxyl groups excluding tert-OH is 1. The summed E-state index contributed by atoms with van der Waals surface area (Å²) >= 11 is 0. The van der Waals surface area contributed by atoms with E-state index in [4.69, 9.17) is 24.5 Å². The molecule has 0 aromatic rings. The molecule has 6 aliphatic rings. The maximum atomic E-state index is 12.3. The molecule has 0 aromatic heterocycles. The lowest BCUT2D eigenvalue weighted by Gasteiger charge is -2.17. The lowest BCUT2D eigenvalue weighted by molar-refractivity contribution is -0.140. The van der Waals surface area contributed by atoms with E-state index in [-0.39, 0.29) is 23.9 Å². The number of fused-ring (bicyclic) bond motifs is 5. The first-order chi connectivity index (χ1) is 23.1. The van der Waals surface area contributed by atoms with Crippen LogP contribution in [0.1, 0.15) is 99.8 Å². The van der Waals surface area contributed by atoms with Crippen LogP contribution in [0.5, 0.6) is 0 Å². The molecule has 2 N–H and O–H groups in total. The molecule has 254 valence electrons. The molecular weight excluding hydrogens is 600 g/mol. The molecule has 1 fully saturated rings. The number of hydrogen-bond acceptors (Lipinski definition) is 8. The number of esters is 1. The minimum Gasteiger partial charge on any atom is -0.511 e. The van der Waals surface area contributed by atoms with Gasteiger partial charge in [0.2, 0.25) is 0 Å². The van der Waals surface area contributed by atoms with Gasteiger partial charge in [-0.25, -0.2) is 15.0 Å². The Hall–Kier alpha value is -4.04. The molecule has 2 unspecified atom stereocenters. The van der Waals surface area contributed by atoms with Crippen molar-refractivity contribution in [2.45, 2.75) is 106 Å². The molecule has 1 saturated heterocycles. The summed E-state index contributed by atoms with van der Waals surface area (Å²) in [6.07, 6.45) is 13.0. The van der Waals surface area contributed by atoms with Gasteiger partial charge in [-0.1, -0.05) is 40.0 Å². The fraction of sp³-hybridized carbons (Fsp3) is 0.500. The fourth-order valence-corrected chi connectivity index (χ4v) is 7.89. The molecule has 8 nitrogen and oxygen atoms in total. The third-order valence-electron chi connectivity index (χ3n) is 10.8. The van der Waals surface area contributed by atoms with Crippen molar-refractivity contribution in [1.82, 2.24) is 5.32 Å². The topological polar surface area (TPSA) is 105 Å². The van der Waals surface area contributed by atoms with Crippen molar-refractivity contribution in [2.75, 3.05) is 13.7 Å². The van der Waals surface area contributed by atoms with Gasteiger partial charge in [-0.05, 0) is 87.5 Å². The Labute approximate surface area is 285 Å². The second kappa shape index (κ2) is 13.8. The number of methoxy groups -OCH3 is 1. The summed E-state index contributed by atoms with van der Waals surface area (Å²) < 4.78 is 11.5. The van der Waals surface area contributed by atoms with E-state index < -0.39 is 0 Å². The van der Waals surface area contributed by atoms with E-state index in [1.165, 1.54) is 31.9 Å². The van der Waals surface area contributed by atoms with Gasteiger partial charge >= 0.3 is 5.97 Å². The fourth-order valence-electron chi connectivity index (χ4n) is 7.89. The number of allylic oxidation sites excluding steroid dienone is 11. The number of hydrogen-bond donors (Lipinski definition) is 2. The normalized spacial score (nSPS) is 23.8. The molecule has 5 heterocycles. The third-order valence-corrected chi connectivity index (χ3v) is 10.8. The average molecular weight is 651 g/mol. The molecule has 0 saturated carbocycles. The first-order valence-electron chi connectivity index (χ1n) is 17.7. The van der Waals surface area contributed by atoms with Gasteiger partial charge in [0, 0.05) is 59.4 Å². The van der Waals surface area contributed by atoms with Crippen molar-refractivity contribution in [1.29, 1.82) is 0 Å². The summed E-state index contributed by atoms with van der Waals surface area (Å²) in [4.78, 5) is 27.9. The standard InChI is InChI=1S/C40H50N4O4/c1-9-11-12-13-16-48-25(7)37-23(5)31-18-30-22(4)27(14-15-36(46)47-8)39(43-30)28-17-35(45)38-24(6)32(44-40(28)38)19-33-26(10-2)21(3)29(41-33)20-34(37)42-31/h18-20,22,25,27,43,45H,9-17H2,1-8H3/t22?,25?,27-/m0/s1. The van der Waals surface area contributed by atoms with E-state index >= 15 is 0 Å². The maximum Gasteiger partial charge on any atom is 0.305 e. The van der Waals surface area contributed by atoms with Crippen LogP contribution >= 0.6 is 0 Å². The van der Waals surface area contributed by atoms with Gasteiger partial charge in [0.25, 0.3) is 0 Å². The number of carbonyl (C=O) groups is 1. The van der Waals surface area contributed by atoms with Crippen molar-refractivity contribution >= 4 is 23.1 Å². The Kier molecular flexibility index (Phi) is 9.75. The van der Waals surface area contributed by atoms with E-state index in [0.29, 0.717) is 31.6 Å². The van der Waals surface area contributed by atoms with E-state index in [0.717, 1.165) is 91.9 Å². The van der Waals surface area contributed by atoms with Crippen LogP contribution in [-0.4, -0.2) is 48.0 Å². The first-order valence-corrected chi connectivity index (χ1v) is 17.7. The van der Waals surface area contributed by atoms with Crippen molar-refractivity contribution in [3.8, 4) is 0 Å². The zero-order chi connectivity index (χ0) is 34.3. The molecule has 0 aromatic carbocycles. The van der Waals surface area contributed by atoms with Gasteiger partial charge in [0.1, 0.15) is 5.76 Å². The summed E-state index contributed by atoms with van der Waals surface area (Å²) in [5.41, 5.74) is 14.5. The molecular formula is C40H50N4O4. The van der Waals surface area contributed by atoms with Crippen molar-refractivity contribution in [3.63, 3.8) is 0 Å². The highest BCUT2D eigenvalue weighted by Gasteiger charge is 2.41. The first kappa shape index (κ1) is 33.8. The average Bonchev–Trinajstić information content (AvgIpc) is 3.82. The molecule has 48 heavy (non-hydrogen) atoms. The Balaban J connectivity index is 1.51. The Bertz CT molecular complexity index is 1790. The zero-order valence-electron chi connectivity index (χ0n) is 29.8. The van der Waals surface area contributed by atoms with E-state index in [1.54, 1.807) is 0 Å². The second-order valence-electron chi connectivity index (χ2n) is 13.7. The minimum absolute atomic E-state index is 0.0172. The van der Waals surface area contributed by atoms with Crippen LogP contribution in [-0.2, 0) is 14.3 Å². The van der Waals surface area contributed by atoms with Gasteiger partial charge in [-0.2, -0.15) is 0 Å². The number of ether oxygens (including phenoxy) is 2. The number of nitrogens with zero attached hydrogens (tertiary/aromatic N) is 3. The molecule has 0 radical (unpaired) electrons. The molecule has 5 aliphatic heterocycles. The van der Waals surface area contributed by atoms with Crippen LogP contribution in [0.25, 0.3) is 0 Å². The predicted molar refractivity (Wildman–Crippen MR) is 193 cm³/mol. The molecule has 3 atom stereocenters. The van der Waals surface area contributed by atoms with E-state index in [9.17, 15) is 9.90 Å². The van der Waals surface area contributed by atoms with Crippen LogP contribution in [0.3, 0.4) is 0 Å².